The number of ether oxygens (including phenoxy) is 1. The van der Waals surface area contributed by atoms with Crippen LogP contribution in [0, 0.1) is 11.3 Å². The number of esters is 1. The van der Waals surface area contributed by atoms with E-state index in [0.717, 1.165) is 0 Å². The molecule has 17 heavy (non-hydrogen) atoms. The van der Waals surface area contributed by atoms with Crippen molar-refractivity contribution >= 4 is 33.5 Å². The third kappa shape index (κ3) is 3.21. The molecule has 1 aromatic carbocycles. The summed E-state index contributed by atoms with van der Waals surface area (Å²) in [6, 6.07) is 5.05. The second kappa shape index (κ2) is 6.04. The largest absolute Gasteiger partial charge is 0.462 e. The Morgan fingerprint density at radius 3 is 2.76 bits per heavy atom. The van der Waals surface area contributed by atoms with E-state index in [1.807, 2.05) is 13.0 Å². The van der Waals surface area contributed by atoms with Crippen LogP contribution in [-0.2, 0) is 4.74 Å². The lowest BCUT2D eigenvalue weighted by Gasteiger charge is -2.11. The summed E-state index contributed by atoms with van der Waals surface area (Å²) >= 11 is 9.43. The number of rotatable bonds is 3. The highest BCUT2D eigenvalue weighted by molar-refractivity contribution is 9.09. The average molecular weight is 317 g/mol. The number of alkyl halides is 1. The number of nitriles is 1. The van der Waals surface area contributed by atoms with Gasteiger partial charge in [0.15, 0.2) is 0 Å². The van der Waals surface area contributed by atoms with Gasteiger partial charge in [0.2, 0.25) is 0 Å². The van der Waals surface area contributed by atoms with Gasteiger partial charge in [0.05, 0.1) is 23.8 Å². The maximum Gasteiger partial charge on any atom is 0.338 e. The van der Waals surface area contributed by atoms with E-state index in [1.165, 1.54) is 12.1 Å². The van der Waals surface area contributed by atoms with E-state index < -0.39 is 5.97 Å². The van der Waals surface area contributed by atoms with Crippen LogP contribution in [0.3, 0.4) is 0 Å². The molecule has 5 heteroatoms. The normalized spacial score (nSPS) is 11.7. The van der Waals surface area contributed by atoms with E-state index in [4.69, 9.17) is 21.6 Å². The molecule has 1 atom stereocenters. The molecule has 0 bridgehead atoms. The van der Waals surface area contributed by atoms with Crippen molar-refractivity contribution in [2.24, 2.45) is 0 Å². The van der Waals surface area contributed by atoms with Gasteiger partial charge >= 0.3 is 5.97 Å². The zero-order valence-corrected chi connectivity index (χ0v) is 11.8. The Balaban J connectivity index is 3.28. The van der Waals surface area contributed by atoms with Gasteiger partial charge in [-0.2, -0.15) is 5.26 Å². The monoisotopic (exact) mass is 315 g/mol. The number of hydrogen-bond acceptors (Lipinski definition) is 3. The number of carbonyl (C=O) groups is 1. The molecule has 0 fully saturated rings. The minimum Gasteiger partial charge on any atom is -0.462 e. The summed E-state index contributed by atoms with van der Waals surface area (Å²) in [5.41, 5.74) is 1.36. The Labute approximate surface area is 113 Å². The molecule has 0 heterocycles. The molecule has 0 aliphatic carbocycles. The van der Waals surface area contributed by atoms with Crippen molar-refractivity contribution in [3.63, 3.8) is 0 Å². The fraction of sp³-hybridized carbons (Fsp3) is 0.333. The third-order valence-corrected chi connectivity index (χ3v) is 2.93. The van der Waals surface area contributed by atoms with E-state index >= 15 is 0 Å². The van der Waals surface area contributed by atoms with Crippen LogP contribution in [-0.4, -0.2) is 12.6 Å². The van der Waals surface area contributed by atoms with Crippen LogP contribution < -0.4 is 0 Å². The topological polar surface area (TPSA) is 50.1 Å². The molecule has 1 rings (SSSR count). The summed E-state index contributed by atoms with van der Waals surface area (Å²) in [5.74, 6) is -0.473. The van der Waals surface area contributed by atoms with Crippen molar-refractivity contribution in [3.8, 4) is 6.07 Å². The third-order valence-electron chi connectivity index (χ3n) is 2.16. The lowest BCUT2D eigenvalue weighted by atomic mass is 10.0. The number of nitrogens with zero attached hydrogens (tertiary/aromatic N) is 1. The second-order valence-corrected chi connectivity index (χ2v) is 5.15. The smallest absolute Gasteiger partial charge is 0.338 e. The van der Waals surface area contributed by atoms with Gasteiger partial charge in [-0.25, -0.2) is 4.79 Å². The summed E-state index contributed by atoms with van der Waals surface area (Å²) in [6.07, 6.45) is 0. The van der Waals surface area contributed by atoms with Gasteiger partial charge in [0, 0.05) is 15.4 Å². The van der Waals surface area contributed by atoms with E-state index in [9.17, 15) is 4.79 Å². The highest BCUT2D eigenvalue weighted by Gasteiger charge is 2.17. The van der Waals surface area contributed by atoms with E-state index in [1.54, 1.807) is 6.92 Å². The zero-order chi connectivity index (χ0) is 13.0. The van der Waals surface area contributed by atoms with Crippen molar-refractivity contribution < 1.29 is 9.53 Å². The lowest BCUT2D eigenvalue weighted by molar-refractivity contribution is 0.0526. The Morgan fingerprint density at radius 2 is 2.29 bits per heavy atom. The molecule has 90 valence electrons. The van der Waals surface area contributed by atoms with Crippen LogP contribution >= 0.6 is 27.5 Å². The van der Waals surface area contributed by atoms with Gasteiger partial charge in [-0.1, -0.05) is 27.5 Å². The molecule has 0 saturated heterocycles. The molecule has 0 spiro atoms. The fourth-order valence-electron chi connectivity index (χ4n) is 1.45. The molecular formula is C12H11BrClNO2. The molecule has 3 nitrogen and oxygen atoms in total. The van der Waals surface area contributed by atoms with Crippen LogP contribution in [0.1, 0.15) is 40.2 Å². The highest BCUT2D eigenvalue weighted by atomic mass is 79.9. The minimum atomic E-state index is -0.473. The van der Waals surface area contributed by atoms with Crippen LogP contribution in [0.15, 0.2) is 12.1 Å². The quantitative estimate of drug-likeness (QED) is 0.629. The molecule has 0 radical (unpaired) electrons. The van der Waals surface area contributed by atoms with Gasteiger partial charge in [-0.15, -0.1) is 0 Å². The molecule has 0 N–H and O–H groups in total. The number of halogens is 2. The second-order valence-electron chi connectivity index (χ2n) is 3.37. The molecule has 0 aromatic heterocycles. The first-order valence-corrected chi connectivity index (χ1v) is 6.35. The standard InChI is InChI=1S/C12H11BrClNO2/c1-3-17-12(16)8-4-9(6-15)11(7(2)13)10(14)5-8/h4-5,7H,3H2,1-2H3. The van der Waals surface area contributed by atoms with Crippen molar-refractivity contribution in [1.29, 1.82) is 5.26 Å². The molecule has 1 unspecified atom stereocenters. The molecule has 0 aliphatic rings. The van der Waals surface area contributed by atoms with Crippen LogP contribution in [0.2, 0.25) is 5.02 Å². The van der Waals surface area contributed by atoms with Gasteiger partial charge in [-0.3, -0.25) is 0 Å². The van der Waals surface area contributed by atoms with Crippen molar-refractivity contribution in [2.75, 3.05) is 6.61 Å². The molecule has 0 saturated carbocycles. The Kier molecular flexibility index (Phi) is 4.98. The number of benzene rings is 1. The maximum atomic E-state index is 11.5. The summed E-state index contributed by atoms with van der Waals surface area (Å²) in [7, 11) is 0. The lowest BCUT2D eigenvalue weighted by Crippen LogP contribution is -2.06. The van der Waals surface area contributed by atoms with Gasteiger partial charge in [-0.05, 0) is 26.0 Å². The number of hydrogen-bond donors (Lipinski definition) is 0. The average Bonchev–Trinajstić information content (AvgIpc) is 2.27. The van der Waals surface area contributed by atoms with E-state index in [2.05, 4.69) is 15.9 Å². The summed E-state index contributed by atoms with van der Waals surface area (Å²) in [4.78, 5) is 11.5. The Morgan fingerprint density at radius 1 is 1.65 bits per heavy atom. The van der Waals surface area contributed by atoms with E-state index in [-0.39, 0.29) is 11.4 Å². The summed E-state index contributed by atoms with van der Waals surface area (Å²) < 4.78 is 4.86. The fourth-order valence-corrected chi connectivity index (χ4v) is 2.45. The van der Waals surface area contributed by atoms with Crippen LogP contribution in [0.4, 0.5) is 0 Å². The molecular weight excluding hydrogens is 305 g/mol. The first-order chi connectivity index (χ1) is 8.01. The maximum absolute atomic E-state index is 11.5. The Bertz CT molecular complexity index is 480. The van der Waals surface area contributed by atoms with E-state index in [0.29, 0.717) is 21.7 Å². The van der Waals surface area contributed by atoms with Gasteiger partial charge < -0.3 is 4.74 Å². The predicted molar refractivity (Wildman–Crippen MR) is 69.5 cm³/mol. The van der Waals surface area contributed by atoms with Crippen molar-refractivity contribution in [3.05, 3.63) is 33.8 Å². The number of carbonyl (C=O) groups excluding carboxylic acids is 1. The first kappa shape index (κ1) is 14.0. The summed E-state index contributed by atoms with van der Waals surface area (Å²) in [5, 5.41) is 9.43. The van der Waals surface area contributed by atoms with Crippen LogP contribution in [0.25, 0.3) is 0 Å². The molecule has 1 aromatic rings. The first-order valence-electron chi connectivity index (χ1n) is 5.06. The Hall–Kier alpha value is -1.05. The SMILES string of the molecule is CCOC(=O)c1cc(Cl)c(C(C)Br)c(C#N)c1. The predicted octanol–water partition coefficient (Wildman–Crippen LogP) is 3.84. The highest BCUT2D eigenvalue weighted by Crippen LogP contribution is 2.33. The van der Waals surface area contributed by atoms with Gasteiger partial charge in [0.1, 0.15) is 0 Å². The van der Waals surface area contributed by atoms with Crippen molar-refractivity contribution in [2.45, 2.75) is 18.7 Å². The zero-order valence-electron chi connectivity index (χ0n) is 9.46. The molecule has 0 aliphatic heterocycles. The van der Waals surface area contributed by atoms with Gasteiger partial charge in [0.25, 0.3) is 0 Å². The molecule has 0 amide bonds. The summed E-state index contributed by atoms with van der Waals surface area (Å²) in [6.45, 7) is 3.88. The van der Waals surface area contributed by atoms with Crippen molar-refractivity contribution in [1.82, 2.24) is 0 Å². The minimum absolute atomic E-state index is 0.0547. The van der Waals surface area contributed by atoms with Crippen LogP contribution in [0.5, 0.6) is 0 Å².